The Kier molecular flexibility index (Phi) is 3.77. The maximum Gasteiger partial charge on any atom is 0.0531 e. The minimum Gasteiger partial charge on any atom is -0.399 e. The van der Waals surface area contributed by atoms with Gasteiger partial charge in [-0.1, -0.05) is 0 Å². The standard InChI is InChI=1S/C11H18N2O/c1-8(7-9(2)14)13-11-5-3-10(12)4-6-11/h3-6,8-9,13-14H,7,12H2,1-2H3. The van der Waals surface area contributed by atoms with Crippen LogP contribution < -0.4 is 11.1 Å². The summed E-state index contributed by atoms with van der Waals surface area (Å²) in [5, 5.41) is 12.5. The molecule has 0 radical (unpaired) electrons. The summed E-state index contributed by atoms with van der Waals surface area (Å²) in [7, 11) is 0. The molecule has 0 bridgehead atoms. The van der Waals surface area contributed by atoms with Gasteiger partial charge in [0, 0.05) is 17.4 Å². The highest BCUT2D eigenvalue weighted by Gasteiger charge is 2.05. The number of hydrogen-bond acceptors (Lipinski definition) is 3. The van der Waals surface area contributed by atoms with Crippen molar-refractivity contribution in [2.24, 2.45) is 0 Å². The molecule has 0 aliphatic rings. The maximum atomic E-state index is 9.18. The van der Waals surface area contributed by atoms with Gasteiger partial charge < -0.3 is 16.2 Å². The van der Waals surface area contributed by atoms with Crippen molar-refractivity contribution < 1.29 is 5.11 Å². The van der Waals surface area contributed by atoms with E-state index in [1.165, 1.54) is 0 Å². The van der Waals surface area contributed by atoms with Gasteiger partial charge in [-0.05, 0) is 44.5 Å². The molecular formula is C11H18N2O. The summed E-state index contributed by atoms with van der Waals surface area (Å²) in [5.41, 5.74) is 7.37. The number of anilines is 2. The number of aliphatic hydroxyl groups excluding tert-OH is 1. The Morgan fingerprint density at radius 3 is 2.36 bits per heavy atom. The van der Waals surface area contributed by atoms with E-state index in [2.05, 4.69) is 5.32 Å². The van der Waals surface area contributed by atoms with Crippen molar-refractivity contribution in [2.45, 2.75) is 32.4 Å². The molecule has 1 aromatic carbocycles. The minimum absolute atomic E-state index is 0.263. The number of hydrogen-bond donors (Lipinski definition) is 3. The third-order valence-corrected chi connectivity index (χ3v) is 2.02. The van der Waals surface area contributed by atoms with Gasteiger partial charge in [0.05, 0.1) is 6.10 Å². The lowest BCUT2D eigenvalue weighted by molar-refractivity contribution is 0.179. The fraction of sp³-hybridized carbons (Fsp3) is 0.455. The van der Waals surface area contributed by atoms with E-state index in [0.29, 0.717) is 0 Å². The smallest absolute Gasteiger partial charge is 0.0531 e. The Hall–Kier alpha value is -1.22. The predicted octanol–water partition coefficient (Wildman–Crippen LogP) is 1.84. The van der Waals surface area contributed by atoms with Crippen LogP contribution in [0, 0.1) is 0 Å². The third kappa shape index (κ3) is 3.66. The summed E-state index contributed by atoms with van der Waals surface area (Å²) in [6.07, 6.45) is 0.468. The summed E-state index contributed by atoms with van der Waals surface area (Å²) >= 11 is 0. The van der Waals surface area contributed by atoms with Crippen molar-refractivity contribution in [3.05, 3.63) is 24.3 Å². The van der Waals surface area contributed by atoms with Gasteiger partial charge in [0.15, 0.2) is 0 Å². The number of aliphatic hydroxyl groups is 1. The van der Waals surface area contributed by atoms with Crippen molar-refractivity contribution in [3.63, 3.8) is 0 Å². The van der Waals surface area contributed by atoms with Crippen molar-refractivity contribution in [1.82, 2.24) is 0 Å². The first kappa shape index (κ1) is 10.9. The van der Waals surface area contributed by atoms with Crippen LogP contribution in [0.1, 0.15) is 20.3 Å². The van der Waals surface area contributed by atoms with Crippen molar-refractivity contribution in [2.75, 3.05) is 11.1 Å². The number of nitrogens with two attached hydrogens (primary N) is 1. The van der Waals surface area contributed by atoms with Gasteiger partial charge in [-0.2, -0.15) is 0 Å². The molecule has 3 heteroatoms. The molecule has 2 atom stereocenters. The molecule has 1 aromatic rings. The average molecular weight is 194 g/mol. The SMILES string of the molecule is CC(O)CC(C)Nc1ccc(N)cc1. The zero-order valence-electron chi connectivity index (χ0n) is 8.70. The van der Waals surface area contributed by atoms with Crippen LogP contribution in [0.4, 0.5) is 11.4 Å². The Morgan fingerprint density at radius 2 is 1.86 bits per heavy atom. The van der Waals surface area contributed by atoms with Crippen molar-refractivity contribution >= 4 is 11.4 Å². The van der Waals surface area contributed by atoms with E-state index in [0.717, 1.165) is 17.8 Å². The second-order valence-corrected chi connectivity index (χ2v) is 3.75. The molecule has 0 aromatic heterocycles. The molecule has 0 saturated heterocycles. The Morgan fingerprint density at radius 1 is 1.29 bits per heavy atom. The summed E-state index contributed by atoms with van der Waals surface area (Å²) in [5.74, 6) is 0. The highest BCUT2D eigenvalue weighted by molar-refractivity contribution is 5.51. The van der Waals surface area contributed by atoms with Crippen LogP contribution in [-0.4, -0.2) is 17.3 Å². The molecule has 14 heavy (non-hydrogen) atoms. The van der Waals surface area contributed by atoms with Gasteiger partial charge in [0.25, 0.3) is 0 Å². The van der Waals surface area contributed by atoms with Gasteiger partial charge in [-0.15, -0.1) is 0 Å². The summed E-state index contributed by atoms with van der Waals surface area (Å²) < 4.78 is 0. The summed E-state index contributed by atoms with van der Waals surface area (Å²) in [4.78, 5) is 0. The van der Waals surface area contributed by atoms with E-state index in [4.69, 9.17) is 5.73 Å². The van der Waals surface area contributed by atoms with Gasteiger partial charge in [-0.25, -0.2) is 0 Å². The van der Waals surface area contributed by atoms with Crippen LogP contribution in [-0.2, 0) is 0 Å². The quantitative estimate of drug-likeness (QED) is 0.641. The lowest BCUT2D eigenvalue weighted by atomic mass is 10.1. The number of nitrogens with one attached hydrogen (secondary N) is 1. The molecule has 4 N–H and O–H groups in total. The normalized spacial score (nSPS) is 14.8. The zero-order valence-corrected chi connectivity index (χ0v) is 8.70. The van der Waals surface area contributed by atoms with Crippen LogP contribution in [0.2, 0.25) is 0 Å². The molecule has 0 saturated carbocycles. The summed E-state index contributed by atoms with van der Waals surface area (Å²) in [6, 6.07) is 7.86. The molecule has 0 aliphatic heterocycles. The lowest BCUT2D eigenvalue weighted by Gasteiger charge is -2.16. The highest BCUT2D eigenvalue weighted by Crippen LogP contribution is 2.13. The first-order valence-electron chi connectivity index (χ1n) is 4.88. The molecule has 0 aliphatic carbocycles. The van der Waals surface area contributed by atoms with E-state index in [1.807, 2.05) is 31.2 Å². The average Bonchev–Trinajstić information content (AvgIpc) is 2.07. The molecule has 3 nitrogen and oxygen atoms in total. The predicted molar refractivity (Wildman–Crippen MR) is 60.2 cm³/mol. The molecule has 0 fully saturated rings. The van der Waals surface area contributed by atoms with E-state index in [9.17, 15) is 5.11 Å². The van der Waals surface area contributed by atoms with Crippen LogP contribution >= 0.6 is 0 Å². The molecule has 78 valence electrons. The zero-order chi connectivity index (χ0) is 10.6. The Balaban J connectivity index is 2.47. The molecule has 0 amide bonds. The van der Waals surface area contributed by atoms with E-state index in [-0.39, 0.29) is 12.1 Å². The van der Waals surface area contributed by atoms with Gasteiger partial charge >= 0.3 is 0 Å². The lowest BCUT2D eigenvalue weighted by Crippen LogP contribution is -2.20. The monoisotopic (exact) mass is 194 g/mol. The van der Waals surface area contributed by atoms with Crippen LogP contribution in [0.3, 0.4) is 0 Å². The fourth-order valence-electron chi connectivity index (χ4n) is 1.43. The topological polar surface area (TPSA) is 58.3 Å². The molecule has 0 spiro atoms. The van der Waals surface area contributed by atoms with Crippen LogP contribution in [0.5, 0.6) is 0 Å². The second-order valence-electron chi connectivity index (χ2n) is 3.75. The summed E-state index contributed by atoms with van der Waals surface area (Å²) in [6.45, 7) is 3.84. The highest BCUT2D eigenvalue weighted by atomic mass is 16.3. The first-order chi connectivity index (χ1) is 6.58. The number of benzene rings is 1. The number of rotatable bonds is 4. The minimum atomic E-state index is -0.272. The van der Waals surface area contributed by atoms with E-state index in [1.54, 1.807) is 6.92 Å². The van der Waals surface area contributed by atoms with Gasteiger partial charge in [0.2, 0.25) is 0 Å². The first-order valence-corrected chi connectivity index (χ1v) is 4.88. The number of nitrogen functional groups attached to an aromatic ring is 1. The third-order valence-electron chi connectivity index (χ3n) is 2.02. The van der Waals surface area contributed by atoms with Crippen LogP contribution in [0.25, 0.3) is 0 Å². The Bertz CT molecular complexity index is 269. The van der Waals surface area contributed by atoms with Crippen LogP contribution in [0.15, 0.2) is 24.3 Å². The van der Waals surface area contributed by atoms with Crippen molar-refractivity contribution in [1.29, 1.82) is 0 Å². The maximum absolute atomic E-state index is 9.18. The van der Waals surface area contributed by atoms with Gasteiger partial charge in [-0.3, -0.25) is 0 Å². The fourth-order valence-corrected chi connectivity index (χ4v) is 1.43. The largest absolute Gasteiger partial charge is 0.399 e. The van der Waals surface area contributed by atoms with E-state index >= 15 is 0 Å². The molecule has 1 rings (SSSR count). The Labute approximate surface area is 84.9 Å². The molecule has 0 heterocycles. The molecular weight excluding hydrogens is 176 g/mol. The molecule has 2 unspecified atom stereocenters. The van der Waals surface area contributed by atoms with Crippen molar-refractivity contribution in [3.8, 4) is 0 Å². The second kappa shape index (κ2) is 4.86. The van der Waals surface area contributed by atoms with E-state index < -0.39 is 0 Å². The van der Waals surface area contributed by atoms with Gasteiger partial charge in [0.1, 0.15) is 0 Å².